The molecule has 1 aromatic carbocycles. The topological polar surface area (TPSA) is 96.5 Å². The number of ether oxygens (including phenoxy) is 1. The third-order valence-corrected chi connectivity index (χ3v) is 6.81. The molecule has 0 aliphatic heterocycles. The van der Waals surface area contributed by atoms with E-state index in [1.165, 1.54) is 20.1 Å². The number of alkyl halides is 3. The van der Waals surface area contributed by atoms with Gasteiger partial charge in [-0.15, -0.1) is 0 Å². The molecule has 0 saturated heterocycles. The number of carbonyl (C=O) groups excluding carboxylic acids is 2. The zero-order valence-electron chi connectivity index (χ0n) is 22.3. The molecule has 0 radical (unpaired) electrons. The summed E-state index contributed by atoms with van der Waals surface area (Å²) < 4.78 is 47.2. The van der Waals surface area contributed by atoms with Crippen molar-refractivity contribution in [2.24, 2.45) is 5.92 Å². The first-order valence-corrected chi connectivity index (χ1v) is 13.0. The molecule has 2 aromatic rings. The van der Waals surface area contributed by atoms with Crippen LogP contribution in [0.1, 0.15) is 74.5 Å². The van der Waals surface area contributed by atoms with E-state index in [9.17, 15) is 22.8 Å². The third kappa shape index (κ3) is 7.14. The first-order valence-electron chi connectivity index (χ1n) is 13.0. The van der Waals surface area contributed by atoms with Crippen LogP contribution < -0.4 is 15.4 Å². The standard InChI is InChI=1S/C27H36F3N5O3/c1-5-13-35(17(3)36)23-10-8-7-9-18(23)14-22-20(27(28,29)30)16-32-26(34-22)33-21-12-11-19(15-24(21)38-4)25(37)31-6-2/h11-12,15-16,18,23H,5-10,13-14H2,1-4H3,(H,31,37)(H,32,33,34)/t18-,23+/m0/s1. The van der Waals surface area contributed by atoms with Gasteiger partial charge in [-0.3, -0.25) is 9.59 Å². The largest absolute Gasteiger partial charge is 0.495 e. The van der Waals surface area contributed by atoms with Crippen LogP contribution in [0.4, 0.5) is 24.8 Å². The Morgan fingerprint density at radius 3 is 2.55 bits per heavy atom. The summed E-state index contributed by atoms with van der Waals surface area (Å²) in [6.07, 6.45) is 0.348. The number of methoxy groups -OCH3 is 1. The zero-order valence-corrected chi connectivity index (χ0v) is 22.3. The fourth-order valence-electron chi connectivity index (χ4n) is 5.07. The van der Waals surface area contributed by atoms with Crippen LogP contribution in [0.5, 0.6) is 5.75 Å². The minimum atomic E-state index is -4.62. The lowest BCUT2D eigenvalue weighted by molar-refractivity contribution is -0.139. The maximum Gasteiger partial charge on any atom is 0.419 e. The molecule has 2 atom stereocenters. The molecule has 38 heavy (non-hydrogen) atoms. The van der Waals surface area contributed by atoms with E-state index in [1.54, 1.807) is 17.0 Å². The molecule has 1 heterocycles. The molecule has 0 unspecified atom stereocenters. The summed E-state index contributed by atoms with van der Waals surface area (Å²) in [5.74, 6) is -0.165. The Balaban J connectivity index is 1.93. The van der Waals surface area contributed by atoms with Gasteiger partial charge in [0.25, 0.3) is 5.91 Å². The maximum absolute atomic E-state index is 13.9. The number of hydrogen-bond donors (Lipinski definition) is 2. The molecule has 208 valence electrons. The molecule has 2 amide bonds. The maximum atomic E-state index is 13.9. The highest BCUT2D eigenvalue weighted by Crippen LogP contribution is 2.37. The molecule has 1 fully saturated rings. The molecule has 1 aliphatic carbocycles. The number of carbonyl (C=O) groups is 2. The monoisotopic (exact) mass is 535 g/mol. The quantitative estimate of drug-likeness (QED) is 0.425. The summed E-state index contributed by atoms with van der Waals surface area (Å²) >= 11 is 0. The number of rotatable bonds is 10. The van der Waals surface area contributed by atoms with Crippen LogP contribution in [0.25, 0.3) is 0 Å². The van der Waals surface area contributed by atoms with Crippen molar-refractivity contribution in [3.63, 3.8) is 0 Å². The second-order valence-corrected chi connectivity index (χ2v) is 9.48. The van der Waals surface area contributed by atoms with Crippen molar-refractivity contribution in [2.75, 3.05) is 25.5 Å². The third-order valence-electron chi connectivity index (χ3n) is 6.81. The van der Waals surface area contributed by atoms with Crippen LogP contribution >= 0.6 is 0 Å². The van der Waals surface area contributed by atoms with Gasteiger partial charge in [-0.25, -0.2) is 9.97 Å². The Labute approximate surface area is 221 Å². The van der Waals surface area contributed by atoms with Crippen LogP contribution in [0, 0.1) is 5.92 Å². The first kappa shape index (κ1) is 29.2. The normalized spacial score (nSPS) is 17.6. The van der Waals surface area contributed by atoms with Gasteiger partial charge in [-0.2, -0.15) is 13.2 Å². The lowest BCUT2D eigenvalue weighted by Crippen LogP contribution is -2.46. The van der Waals surface area contributed by atoms with Gasteiger partial charge in [-0.05, 0) is 56.7 Å². The molecule has 8 nitrogen and oxygen atoms in total. The zero-order chi connectivity index (χ0) is 27.9. The summed E-state index contributed by atoms with van der Waals surface area (Å²) in [6.45, 7) is 6.34. The van der Waals surface area contributed by atoms with Crippen molar-refractivity contribution in [1.82, 2.24) is 20.2 Å². The van der Waals surface area contributed by atoms with Gasteiger partial charge in [0.1, 0.15) is 5.75 Å². The highest BCUT2D eigenvalue weighted by Gasteiger charge is 2.38. The number of halogens is 3. The molecule has 1 saturated carbocycles. The Hall–Kier alpha value is -3.37. The van der Waals surface area contributed by atoms with Crippen molar-refractivity contribution in [3.05, 3.63) is 41.2 Å². The van der Waals surface area contributed by atoms with E-state index in [2.05, 4.69) is 20.6 Å². The predicted octanol–water partition coefficient (Wildman–Crippen LogP) is 5.36. The summed E-state index contributed by atoms with van der Waals surface area (Å²) in [6, 6.07) is 4.58. The Kier molecular flexibility index (Phi) is 9.93. The molecule has 11 heteroatoms. The average Bonchev–Trinajstić information content (AvgIpc) is 2.87. The lowest BCUT2D eigenvalue weighted by atomic mass is 9.80. The summed E-state index contributed by atoms with van der Waals surface area (Å²) in [5.41, 5.74) is -0.193. The highest BCUT2D eigenvalue weighted by molar-refractivity contribution is 5.95. The van der Waals surface area contributed by atoms with Gasteiger partial charge in [0, 0.05) is 37.8 Å². The molecular formula is C27H36F3N5O3. The van der Waals surface area contributed by atoms with Crippen LogP contribution in [0.15, 0.2) is 24.4 Å². The van der Waals surface area contributed by atoms with Crippen LogP contribution in [0.2, 0.25) is 0 Å². The Bertz CT molecular complexity index is 1130. The van der Waals surface area contributed by atoms with Crippen molar-refractivity contribution in [2.45, 2.75) is 71.5 Å². The fraction of sp³-hybridized carbons (Fsp3) is 0.556. The number of anilines is 2. The van der Waals surface area contributed by atoms with Crippen LogP contribution in [-0.2, 0) is 17.4 Å². The SMILES string of the molecule is CCCN(C(C)=O)[C@@H]1CCCC[C@H]1Cc1nc(Nc2ccc(C(=O)NCC)cc2OC)ncc1C(F)(F)F. The molecular weight excluding hydrogens is 499 g/mol. The minimum absolute atomic E-state index is 0.0126. The van der Waals surface area contributed by atoms with E-state index < -0.39 is 11.7 Å². The van der Waals surface area contributed by atoms with E-state index in [4.69, 9.17) is 4.74 Å². The number of hydrogen-bond acceptors (Lipinski definition) is 6. The van der Waals surface area contributed by atoms with Crippen LogP contribution in [0.3, 0.4) is 0 Å². The molecule has 1 aromatic heterocycles. The van der Waals surface area contributed by atoms with Gasteiger partial charge in [0.2, 0.25) is 11.9 Å². The predicted molar refractivity (Wildman–Crippen MR) is 138 cm³/mol. The van der Waals surface area contributed by atoms with Gasteiger partial charge < -0.3 is 20.3 Å². The lowest BCUT2D eigenvalue weighted by Gasteiger charge is -2.40. The highest BCUT2D eigenvalue weighted by atomic mass is 19.4. The molecule has 2 N–H and O–H groups in total. The molecule has 1 aliphatic rings. The summed E-state index contributed by atoms with van der Waals surface area (Å²) in [4.78, 5) is 34.5. The average molecular weight is 536 g/mol. The summed E-state index contributed by atoms with van der Waals surface area (Å²) in [7, 11) is 1.43. The minimum Gasteiger partial charge on any atom is -0.495 e. The van der Waals surface area contributed by atoms with E-state index >= 15 is 0 Å². The fourth-order valence-corrected chi connectivity index (χ4v) is 5.07. The number of nitrogens with one attached hydrogen (secondary N) is 2. The van der Waals surface area contributed by atoms with E-state index in [0.29, 0.717) is 30.1 Å². The number of aromatic nitrogens is 2. The van der Waals surface area contributed by atoms with Crippen molar-refractivity contribution in [1.29, 1.82) is 0 Å². The smallest absolute Gasteiger partial charge is 0.419 e. The van der Waals surface area contributed by atoms with E-state index in [-0.39, 0.29) is 41.8 Å². The number of nitrogens with zero attached hydrogens (tertiary/aromatic N) is 3. The van der Waals surface area contributed by atoms with Gasteiger partial charge >= 0.3 is 6.18 Å². The van der Waals surface area contributed by atoms with Gasteiger partial charge in [-0.1, -0.05) is 19.8 Å². The van der Waals surface area contributed by atoms with Crippen molar-refractivity contribution in [3.8, 4) is 5.75 Å². The van der Waals surface area contributed by atoms with Crippen LogP contribution in [-0.4, -0.2) is 52.9 Å². The number of benzene rings is 1. The summed E-state index contributed by atoms with van der Waals surface area (Å²) in [5, 5.41) is 5.64. The second-order valence-electron chi connectivity index (χ2n) is 9.48. The van der Waals surface area contributed by atoms with E-state index in [0.717, 1.165) is 38.3 Å². The van der Waals surface area contributed by atoms with Crippen molar-refractivity contribution < 1.29 is 27.5 Å². The Morgan fingerprint density at radius 2 is 1.92 bits per heavy atom. The molecule has 0 spiro atoms. The molecule has 0 bridgehead atoms. The van der Waals surface area contributed by atoms with Gasteiger partial charge in [0.15, 0.2) is 0 Å². The van der Waals surface area contributed by atoms with Gasteiger partial charge in [0.05, 0.1) is 24.1 Å². The van der Waals surface area contributed by atoms with E-state index in [1.807, 2.05) is 13.8 Å². The number of amides is 2. The first-order chi connectivity index (χ1) is 18.1. The molecule has 3 rings (SSSR count). The Morgan fingerprint density at radius 1 is 1.18 bits per heavy atom. The van der Waals surface area contributed by atoms with Crippen molar-refractivity contribution >= 4 is 23.5 Å². The second kappa shape index (κ2) is 12.9.